The lowest BCUT2D eigenvalue weighted by molar-refractivity contribution is 0.0940. The summed E-state index contributed by atoms with van der Waals surface area (Å²) in [5, 5.41) is 12.3. The molecule has 6 nitrogen and oxygen atoms in total. The zero-order valence-electron chi connectivity index (χ0n) is 13.3. The molecule has 0 saturated heterocycles. The van der Waals surface area contributed by atoms with Crippen molar-refractivity contribution in [2.45, 2.75) is 25.8 Å². The number of benzene rings is 1. The number of amides is 1. The van der Waals surface area contributed by atoms with Gasteiger partial charge in [-0.3, -0.25) is 9.59 Å². The zero-order chi connectivity index (χ0) is 17.4. The van der Waals surface area contributed by atoms with Gasteiger partial charge in [0.1, 0.15) is 4.83 Å². The van der Waals surface area contributed by atoms with Gasteiger partial charge in [-0.2, -0.15) is 5.26 Å². The number of nitrogens with one attached hydrogen (secondary N) is 2. The maximum absolute atomic E-state index is 12.4. The maximum Gasteiger partial charge on any atom is 0.287 e. The van der Waals surface area contributed by atoms with E-state index in [0.717, 1.165) is 30.4 Å². The number of thiophene rings is 1. The van der Waals surface area contributed by atoms with E-state index in [1.807, 2.05) is 6.07 Å². The predicted octanol–water partition coefficient (Wildman–Crippen LogP) is 2.27. The molecule has 0 unspecified atom stereocenters. The van der Waals surface area contributed by atoms with Gasteiger partial charge in [-0.05, 0) is 42.5 Å². The molecule has 25 heavy (non-hydrogen) atoms. The number of aromatic amines is 1. The molecule has 1 aliphatic rings. The molecule has 4 rings (SSSR count). The van der Waals surface area contributed by atoms with Crippen LogP contribution < -0.4 is 10.9 Å². The van der Waals surface area contributed by atoms with Crippen molar-refractivity contribution in [3.63, 3.8) is 0 Å². The first-order valence-electron chi connectivity index (χ1n) is 7.97. The third-order valence-corrected chi connectivity index (χ3v) is 5.48. The lowest BCUT2D eigenvalue weighted by Gasteiger charge is -2.05. The molecule has 1 amide bonds. The second-order valence-corrected chi connectivity index (χ2v) is 7.03. The van der Waals surface area contributed by atoms with Crippen molar-refractivity contribution in [2.24, 2.45) is 0 Å². The van der Waals surface area contributed by atoms with Crippen LogP contribution in [0.4, 0.5) is 0 Å². The summed E-state index contributed by atoms with van der Waals surface area (Å²) >= 11 is 1.50. The fourth-order valence-electron chi connectivity index (χ4n) is 3.13. The van der Waals surface area contributed by atoms with E-state index in [0.29, 0.717) is 15.8 Å². The number of carbonyl (C=O) groups excluding carboxylic acids is 1. The molecule has 0 atom stereocenters. The summed E-state index contributed by atoms with van der Waals surface area (Å²) in [6, 6.07) is 9.06. The standard InChI is InChI=1S/C18H14N4O2S/c19-8-10-3-1-4-11(7-10)9-20-17(24)15-21-16(23)14-12-5-2-6-13(12)25-18(14)22-15/h1,3-4,7H,2,5-6,9H2,(H,20,24)(H,21,22,23). The Labute approximate surface area is 147 Å². The Bertz CT molecular complexity index is 1090. The van der Waals surface area contributed by atoms with E-state index in [1.165, 1.54) is 16.2 Å². The summed E-state index contributed by atoms with van der Waals surface area (Å²) in [5.74, 6) is -0.413. The molecule has 124 valence electrons. The summed E-state index contributed by atoms with van der Waals surface area (Å²) < 4.78 is 0. The van der Waals surface area contributed by atoms with Gasteiger partial charge in [-0.1, -0.05) is 12.1 Å². The second kappa shape index (κ2) is 6.15. The number of fused-ring (bicyclic) bond motifs is 3. The second-order valence-electron chi connectivity index (χ2n) is 5.95. The summed E-state index contributed by atoms with van der Waals surface area (Å²) in [4.78, 5) is 33.5. The maximum atomic E-state index is 12.4. The molecule has 2 heterocycles. The average molecular weight is 350 g/mol. The number of rotatable bonds is 3. The summed E-state index contributed by atoms with van der Waals surface area (Å²) in [6.45, 7) is 0.261. The van der Waals surface area contributed by atoms with E-state index < -0.39 is 5.91 Å². The largest absolute Gasteiger partial charge is 0.345 e. The highest BCUT2D eigenvalue weighted by atomic mass is 32.1. The molecule has 0 bridgehead atoms. The first-order valence-corrected chi connectivity index (χ1v) is 8.79. The van der Waals surface area contributed by atoms with Crippen LogP contribution in [0.3, 0.4) is 0 Å². The molecule has 1 aliphatic carbocycles. The molecular weight excluding hydrogens is 336 g/mol. The number of aromatic nitrogens is 2. The van der Waals surface area contributed by atoms with E-state index in [-0.39, 0.29) is 17.9 Å². The van der Waals surface area contributed by atoms with Crippen LogP contribution in [0.1, 0.15) is 38.6 Å². The van der Waals surface area contributed by atoms with Crippen LogP contribution in [0.25, 0.3) is 10.2 Å². The Kier molecular flexibility index (Phi) is 3.82. The highest BCUT2D eigenvalue weighted by molar-refractivity contribution is 7.18. The van der Waals surface area contributed by atoms with Gasteiger partial charge in [0.15, 0.2) is 0 Å². The van der Waals surface area contributed by atoms with E-state index in [2.05, 4.69) is 21.4 Å². The van der Waals surface area contributed by atoms with Gasteiger partial charge in [0.2, 0.25) is 5.82 Å². The Hall–Kier alpha value is -2.98. The Morgan fingerprint density at radius 3 is 3.12 bits per heavy atom. The van der Waals surface area contributed by atoms with Gasteiger partial charge in [0.05, 0.1) is 17.0 Å². The minimum atomic E-state index is -0.435. The van der Waals surface area contributed by atoms with Crippen LogP contribution in [0, 0.1) is 11.3 Å². The van der Waals surface area contributed by atoms with E-state index in [1.54, 1.807) is 18.2 Å². The number of hydrogen-bond acceptors (Lipinski definition) is 5. The van der Waals surface area contributed by atoms with Crippen LogP contribution >= 0.6 is 11.3 Å². The molecule has 0 spiro atoms. The Morgan fingerprint density at radius 1 is 1.40 bits per heavy atom. The van der Waals surface area contributed by atoms with E-state index in [9.17, 15) is 9.59 Å². The number of carbonyl (C=O) groups is 1. The van der Waals surface area contributed by atoms with Gasteiger partial charge < -0.3 is 10.3 Å². The lowest BCUT2D eigenvalue weighted by Crippen LogP contribution is -2.27. The number of nitrogens with zero attached hydrogens (tertiary/aromatic N) is 2. The summed E-state index contributed by atoms with van der Waals surface area (Å²) in [5.41, 5.74) is 2.19. The first-order chi connectivity index (χ1) is 12.2. The van der Waals surface area contributed by atoms with Crippen LogP contribution in [0.2, 0.25) is 0 Å². The van der Waals surface area contributed by atoms with Crippen molar-refractivity contribution in [3.05, 3.63) is 62.0 Å². The smallest absolute Gasteiger partial charge is 0.287 e. The summed E-state index contributed by atoms with van der Waals surface area (Å²) in [7, 11) is 0. The van der Waals surface area contributed by atoms with Crippen molar-refractivity contribution in [3.8, 4) is 6.07 Å². The molecule has 2 N–H and O–H groups in total. The predicted molar refractivity (Wildman–Crippen MR) is 94.6 cm³/mol. The third-order valence-electron chi connectivity index (χ3n) is 4.30. The van der Waals surface area contributed by atoms with Gasteiger partial charge >= 0.3 is 0 Å². The number of aryl methyl sites for hydroxylation is 2. The highest BCUT2D eigenvalue weighted by Gasteiger charge is 2.22. The average Bonchev–Trinajstić information content (AvgIpc) is 3.20. The highest BCUT2D eigenvalue weighted by Crippen LogP contribution is 2.34. The van der Waals surface area contributed by atoms with Crippen molar-refractivity contribution in [1.29, 1.82) is 5.26 Å². The van der Waals surface area contributed by atoms with Gasteiger partial charge in [-0.25, -0.2) is 4.98 Å². The number of hydrogen-bond donors (Lipinski definition) is 2. The van der Waals surface area contributed by atoms with Gasteiger partial charge in [0, 0.05) is 11.4 Å². The van der Waals surface area contributed by atoms with Crippen molar-refractivity contribution in [2.75, 3.05) is 0 Å². The zero-order valence-corrected chi connectivity index (χ0v) is 14.1. The number of H-pyrrole nitrogens is 1. The Balaban J connectivity index is 1.58. The van der Waals surface area contributed by atoms with Gasteiger partial charge in [-0.15, -0.1) is 11.3 Å². The van der Waals surface area contributed by atoms with Crippen LogP contribution in [0.15, 0.2) is 29.1 Å². The third kappa shape index (κ3) is 2.81. The van der Waals surface area contributed by atoms with Crippen molar-refractivity contribution >= 4 is 27.5 Å². The Morgan fingerprint density at radius 2 is 2.28 bits per heavy atom. The SMILES string of the molecule is N#Cc1cccc(CNC(=O)c2nc3sc4c(c3c(=O)[nH]2)CCC4)c1. The molecule has 1 aromatic carbocycles. The quantitative estimate of drug-likeness (QED) is 0.757. The molecule has 7 heteroatoms. The van der Waals surface area contributed by atoms with Crippen LogP contribution in [-0.2, 0) is 19.4 Å². The molecule has 0 saturated carbocycles. The minimum absolute atomic E-state index is 0.0221. The summed E-state index contributed by atoms with van der Waals surface area (Å²) in [6.07, 6.45) is 2.95. The number of nitriles is 1. The monoisotopic (exact) mass is 350 g/mol. The van der Waals surface area contributed by atoms with Crippen molar-refractivity contribution < 1.29 is 4.79 Å². The van der Waals surface area contributed by atoms with E-state index in [4.69, 9.17) is 5.26 Å². The molecule has 0 fully saturated rings. The molecule has 3 aromatic rings. The normalized spacial score (nSPS) is 12.8. The first kappa shape index (κ1) is 15.5. The molecule has 0 radical (unpaired) electrons. The van der Waals surface area contributed by atoms with Crippen LogP contribution in [-0.4, -0.2) is 15.9 Å². The molecule has 2 aromatic heterocycles. The molecular formula is C18H14N4O2S. The fraction of sp³-hybridized carbons (Fsp3) is 0.222. The molecule has 0 aliphatic heterocycles. The van der Waals surface area contributed by atoms with Crippen LogP contribution in [0.5, 0.6) is 0 Å². The van der Waals surface area contributed by atoms with Crippen molar-refractivity contribution in [1.82, 2.24) is 15.3 Å². The van der Waals surface area contributed by atoms with Gasteiger partial charge in [0.25, 0.3) is 11.5 Å². The topological polar surface area (TPSA) is 98.6 Å². The fourth-order valence-corrected chi connectivity index (χ4v) is 4.39. The lowest BCUT2D eigenvalue weighted by atomic mass is 10.1. The minimum Gasteiger partial charge on any atom is -0.345 e. The van der Waals surface area contributed by atoms with E-state index >= 15 is 0 Å².